The van der Waals surface area contributed by atoms with Gasteiger partial charge in [-0.3, -0.25) is 0 Å². The maximum atomic E-state index is 5.54. The smallest absolute Gasteiger partial charge is 0.196 e. The Morgan fingerprint density at radius 2 is 2.12 bits per heavy atom. The molecule has 2 N–H and O–H groups in total. The highest BCUT2D eigenvalue weighted by atomic mass is 32.1. The third-order valence-electron chi connectivity index (χ3n) is 3.11. The molecule has 2 rings (SSSR count). The van der Waals surface area contributed by atoms with Crippen molar-refractivity contribution < 1.29 is 9.47 Å². The van der Waals surface area contributed by atoms with Crippen molar-refractivity contribution in [2.75, 3.05) is 25.6 Å². The molecule has 1 aromatic carbocycles. The number of nitrogens with one attached hydrogen (secondary N) is 2. The van der Waals surface area contributed by atoms with E-state index >= 15 is 0 Å². The molecule has 7 heteroatoms. The number of guanidine groups is 1. The fourth-order valence-corrected chi connectivity index (χ4v) is 2.80. The van der Waals surface area contributed by atoms with Crippen molar-refractivity contribution in [3.8, 4) is 11.5 Å². The van der Waals surface area contributed by atoms with Crippen LogP contribution in [0, 0.1) is 6.92 Å². The molecule has 0 aliphatic heterocycles. The van der Waals surface area contributed by atoms with E-state index in [-0.39, 0.29) is 0 Å². The van der Waals surface area contributed by atoms with Gasteiger partial charge in [-0.1, -0.05) is 0 Å². The van der Waals surface area contributed by atoms with Gasteiger partial charge in [-0.05, 0) is 32.9 Å². The molecule has 1 heterocycles. The normalized spacial score (nSPS) is 11.2. The maximum absolute atomic E-state index is 5.54. The van der Waals surface area contributed by atoms with Crippen LogP contribution in [0.25, 0.3) is 0 Å². The number of benzene rings is 1. The molecule has 0 unspecified atom stereocenters. The number of aliphatic imine (C=N–C) groups is 1. The van der Waals surface area contributed by atoms with E-state index in [2.05, 4.69) is 20.6 Å². The van der Waals surface area contributed by atoms with Crippen molar-refractivity contribution in [2.45, 2.75) is 27.3 Å². The number of hydrogen-bond acceptors (Lipinski definition) is 5. The molecule has 0 atom stereocenters. The summed E-state index contributed by atoms with van der Waals surface area (Å²) in [7, 11) is 1.63. The number of hydrogen-bond donors (Lipinski definition) is 2. The first-order chi connectivity index (χ1) is 11.7. The standard InChI is InChI=1S/C17H24N4O2S/c1-5-18-17(20-11-16-19-10-12(3)24-16)21-13-7-8-14(23-6-2)15(9-13)22-4/h7-10H,5-6,11H2,1-4H3,(H2,18,20,21). The minimum absolute atomic E-state index is 0.544. The Bertz CT molecular complexity index is 685. The number of thiazole rings is 1. The Labute approximate surface area is 146 Å². The van der Waals surface area contributed by atoms with Crippen LogP contribution in [-0.4, -0.2) is 31.2 Å². The Morgan fingerprint density at radius 1 is 1.29 bits per heavy atom. The third kappa shape index (κ3) is 5.13. The molecule has 1 aromatic heterocycles. The first-order valence-corrected chi connectivity index (χ1v) is 8.75. The van der Waals surface area contributed by atoms with Gasteiger partial charge in [0, 0.05) is 29.4 Å². The summed E-state index contributed by atoms with van der Waals surface area (Å²) < 4.78 is 10.9. The second kappa shape index (κ2) is 9.12. The molecule has 6 nitrogen and oxygen atoms in total. The van der Waals surface area contributed by atoms with E-state index in [1.165, 1.54) is 4.88 Å². The second-order valence-corrected chi connectivity index (χ2v) is 6.30. The van der Waals surface area contributed by atoms with E-state index in [1.807, 2.05) is 45.2 Å². The molecule has 0 spiro atoms. The summed E-state index contributed by atoms with van der Waals surface area (Å²) in [6.45, 7) is 7.94. The highest BCUT2D eigenvalue weighted by Crippen LogP contribution is 2.30. The van der Waals surface area contributed by atoms with Gasteiger partial charge < -0.3 is 20.1 Å². The van der Waals surface area contributed by atoms with Crippen LogP contribution >= 0.6 is 11.3 Å². The molecular weight excluding hydrogens is 324 g/mol. The van der Waals surface area contributed by atoms with Crippen LogP contribution in [0.3, 0.4) is 0 Å². The van der Waals surface area contributed by atoms with Crippen molar-refractivity contribution in [2.24, 2.45) is 4.99 Å². The van der Waals surface area contributed by atoms with Crippen LogP contribution < -0.4 is 20.1 Å². The molecular formula is C17H24N4O2S. The molecule has 2 aromatic rings. The monoisotopic (exact) mass is 348 g/mol. The molecule has 24 heavy (non-hydrogen) atoms. The molecule has 0 radical (unpaired) electrons. The zero-order valence-corrected chi connectivity index (χ0v) is 15.4. The van der Waals surface area contributed by atoms with Crippen molar-refractivity contribution in [1.82, 2.24) is 10.3 Å². The molecule has 0 saturated carbocycles. The Kier molecular flexibility index (Phi) is 6.87. The predicted molar refractivity (Wildman–Crippen MR) is 99.5 cm³/mol. The van der Waals surface area contributed by atoms with Gasteiger partial charge in [0.15, 0.2) is 17.5 Å². The van der Waals surface area contributed by atoms with Gasteiger partial charge in [0.05, 0.1) is 20.3 Å². The number of ether oxygens (including phenoxy) is 2. The van der Waals surface area contributed by atoms with Crippen molar-refractivity contribution in [3.05, 3.63) is 34.3 Å². The van der Waals surface area contributed by atoms with Crippen molar-refractivity contribution in [3.63, 3.8) is 0 Å². The quantitative estimate of drug-likeness (QED) is 0.593. The minimum Gasteiger partial charge on any atom is -0.493 e. The van der Waals surface area contributed by atoms with Crippen LogP contribution in [0.5, 0.6) is 11.5 Å². The summed E-state index contributed by atoms with van der Waals surface area (Å²) >= 11 is 1.66. The summed E-state index contributed by atoms with van der Waals surface area (Å²) in [6.07, 6.45) is 1.87. The average molecular weight is 348 g/mol. The topological polar surface area (TPSA) is 67.8 Å². The summed E-state index contributed by atoms with van der Waals surface area (Å²) in [6, 6.07) is 5.72. The largest absolute Gasteiger partial charge is 0.493 e. The van der Waals surface area contributed by atoms with Gasteiger partial charge in [0.2, 0.25) is 0 Å². The van der Waals surface area contributed by atoms with E-state index in [0.717, 1.165) is 23.0 Å². The molecule has 0 fully saturated rings. The van der Waals surface area contributed by atoms with Gasteiger partial charge in [0.1, 0.15) is 5.01 Å². The van der Waals surface area contributed by atoms with E-state index in [0.29, 0.717) is 24.9 Å². The van der Waals surface area contributed by atoms with E-state index in [1.54, 1.807) is 18.4 Å². The number of nitrogens with zero attached hydrogens (tertiary/aromatic N) is 2. The lowest BCUT2D eigenvalue weighted by Crippen LogP contribution is -2.30. The summed E-state index contributed by atoms with van der Waals surface area (Å²) in [5.41, 5.74) is 0.880. The molecule has 0 aliphatic carbocycles. The number of methoxy groups -OCH3 is 1. The molecule has 0 aliphatic rings. The van der Waals surface area contributed by atoms with Crippen LogP contribution in [-0.2, 0) is 6.54 Å². The average Bonchev–Trinajstić information content (AvgIpc) is 3.00. The lowest BCUT2D eigenvalue weighted by atomic mass is 10.2. The first kappa shape index (κ1) is 18.1. The lowest BCUT2D eigenvalue weighted by Gasteiger charge is -2.14. The van der Waals surface area contributed by atoms with Gasteiger partial charge in [0.25, 0.3) is 0 Å². The van der Waals surface area contributed by atoms with Crippen LogP contribution in [0.1, 0.15) is 23.7 Å². The highest BCUT2D eigenvalue weighted by molar-refractivity contribution is 7.11. The fourth-order valence-electron chi connectivity index (χ4n) is 2.09. The lowest BCUT2D eigenvalue weighted by molar-refractivity contribution is 0.311. The SMILES string of the molecule is CCNC(=NCc1ncc(C)s1)Nc1ccc(OCC)c(OC)c1. The van der Waals surface area contributed by atoms with E-state index in [4.69, 9.17) is 9.47 Å². The van der Waals surface area contributed by atoms with Crippen LogP contribution in [0.2, 0.25) is 0 Å². The fraction of sp³-hybridized carbons (Fsp3) is 0.412. The number of anilines is 1. The highest BCUT2D eigenvalue weighted by Gasteiger charge is 2.07. The number of rotatable bonds is 7. The zero-order chi connectivity index (χ0) is 17.4. The Balaban J connectivity index is 2.11. The van der Waals surface area contributed by atoms with Crippen LogP contribution in [0.15, 0.2) is 29.4 Å². The van der Waals surface area contributed by atoms with Gasteiger partial charge in [-0.25, -0.2) is 9.98 Å². The van der Waals surface area contributed by atoms with Crippen molar-refractivity contribution >= 4 is 23.0 Å². The molecule has 0 bridgehead atoms. The van der Waals surface area contributed by atoms with E-state index in [9.17, 15) is 0 Å². The second-order valence-electron chi connectivity index (χ2n) is 4.98. The number of aromatic nitrogens is 1. The Hall–Kier alpha value is -2.28. The Morgan fingerprint density at radius 3 is 2.75 bits per heavy atom. The predicted octanol–water partition coefficient (Wildman–Crippen LogP) is 3.44. The molecule has 0 amide bonds. The summed E-state index contributed by atoms with van der Waals surface area (Å²) in [5, 5.41) is 7.50. The first-order valence-electron chi connectivity index (χ1n) is 7.93. The van der Waals surface area contributed by atoms with Gasteiger partial charge in [-0.2, -0.15) is 0 Å². The minimum atomic E-state index is 0.544. The summed E-state index contributed by atoms with van der Waals surface area (Å²) in [4.78, 5) is 10.1. The van der Waals surface area contributed by atoms with Gasteiger partial charge in [-0.15, -0.1) is 11.3 Å². The third-order valence-corrected chi connectivity index (χ3v) is 4.01. The zero-order valence-electron chi connectivity index (χ0n) is 14.5. The summed E-state index contributed by atoms with van der Waals surface area (Å²) in [5.74, 6) is 2.12. The molecule has 130 valence electrons. The molecule has 0 saturated heterocycles. The van der Waals surface area contributed by atoms with Crippen molar-refractivity contribution in [1.29, 1.82) is 0 Å². The van der Waals surface area contributed by atoms with Crippen LogP contribution in [0.4, 0.5) is 5.69 Å². The van der Waals surface area contributed by atoms with Gasteiger partial charge >= 0.3 is 0 Å². The maximum Gasteiger partial charge on any atom is 0.196 e. The number of aryl methyl sites for hydroxylation is 1. The van der Waals surface area contributed by atoms with E-state index < -0.39 is 0 Å².